The molecule has 2 N–H and O–H groups in total. The van der Waals surface area contributed by atoms with E-state index in [-0.39, 0.29) is 29.9 Å². The van der Waals surface area contributed by atoms with Crippen molar-refractivity contribution < 1.29 is 23.9 Å². The summed E-state index contributed by atoms with van der Waals surface area (Å²) in [6.45, 7) is 8.65. The fourth-order valence-electron chi connectivity index (χ4n) is 6.81. The van der Waals surface area contributed by atoms with Crippen LogP contribution >= 0.6 is 0 Å². The molecule has 188 valence electrons. The van der Waals surface area contributed by atoms with Crippen molar-refractivity contribution in [2.45, 2.75) is 108 Å². The molecule has 0 aromatic heterocycles. The smallest absolute Gasteiger partial charge is 0.246 e. The Kier molecular flexibility index (Phi) is 5.83. The van der Waals surface area contributed by atoms with Gasteiger partial charge in [-0.05, 0) is 53.4 Å². The molecule has 5 rings (SSSR count). The zero-order chi connectivity index (χ0) is 24.3. The molecule has 2 bridgehead atoms. The van der Waals surface area contributed by atoms with Gasteiger partial charge in [0.2, 0.25) is 17.7 Å². The molecule has 1 aliphatic carbocycles. The first-order valence-electron chi connectivity index (χ1n) is 13.0. The third-order valence-electron chi connectivity index (χ3n) is 8.20. The SMILES string of the molecule is CC(C)(C)NC(=O)[C@H]1N(C[C@@H]2CCCO2)C(=O)[C@@H]2[C@H](C(=O)NC3CCCCC3)[C@]3(C)C=C[C@]21O3. The first kappa shape index (κ1) is 23.8. The molecular formula is C26H39N3O5. The number of nitrogens with one attached hydrogen (secondary N) is 2. The Morgan fingerprint density at radius 2 is 1.82 bits per heavy atom. The Bertz CT molecular complexity index is 885. The van der Waals surface area contributed by atoms with Crippen LogP contribution in [-0.4, -0.2) is 70.7 Å². The molecule has 4 heterocycles. The summed E-state index contributed by atoms with van der Waals surface area (Å²) in [7, 11) is 0. The fraction of sp³-hybridized carbons (Fsp3) is 0.808. The molecule has 1 saturated carbocycles. The first-order valence-corrected chi connectivity index (χ1v) is 13.0. The van der Waals surface area contributed by atoms with Crippen LogP contribution in [0.2, 0.25) is 0 Å². The number of fused-ring (bicyclic) bond motifs is 1. The number of hydrogen-bond acceptors (Lipinski definition) is 5. The summed E-state index contributed by atoms with van der Waals surface area (Å²) in [5.41, 5.74) is -2.52. The van der Waals surface area contributed by atoms with Crippen LogP contribution in [0.15, 0.2) is 12.2 Å². The number of amides is 3. The standard InChI is InChI=1S/C26H39N3O5/c1-24(2,3)28-22(31)20-26-13-12-25(4,34-26)18(21(30)27-16-9-6-5-7-10-16)19(26)23(32)29(20)15-17-11-8-14-33-17/h12-13,16-20H,5-11,14-15H2,1-4H3,(H,27,30)(H,28,31)/t17-,18+,19-,20+,25-,26-/m0/s1. The zero-order valence-electron chi connectivity index (χ0n) is 20.9. The molecular weight excluding hydrogens is 434 g/mol. The van der Waals surface area contributed by atoms with E-state index in [0.29, 0.717) is 13.2 Å². The number of nitrogens with zero attached hydrogens (tertiary/aromatic N) is 1. The summed E-state index contributed by atoms with van der Waals surface area (Å²) in [6.07, 6.45) is 10.8. The van der Waals surface area contributed by atoms with Crippen LogP contribution < -0.4 is 10.6 Å². The summed E-state index contributed by atoms with van der Waals surface area (Å²) in [5, 5.41) is 6.28. The number of hydrogen-bond donors (Lipinski definition) is 2. The number of ether oxygens (including phenoxy) is 2. The van der Waals surface area contributed by atoms with Crippen molar-refractivity contribution in [3.05, 3.63) is 12.2 Å². The summed E-state index contributed by atoms with van der Waals surface area (Å²) in [4.78, 5) is 42.9. The highest BCUT2D eigenvalue weighted by atomic mass is 16.5. The van der Waals surface area contributed by atoms with E-state index in [9.17, 15) is 14.4 Å². The molecule has 1 spiro atoms. The average molecular weight is 474 g/mol. The Hall–Kier alpha value is -1.93. The van der Waals surface area contributed by atoms with Gasteiger partial charge in [-0.3, -0.25) is 14.4 Å². The predicted molar refractivity (Wildman–Crippen MR) is 126 cm³/mol. The second kappa shape index (κ2) is 8.33. The number of carbonyl (C=O) groups is 3. The molecule has 0 radical (unpaired) electrons. The van der Waals surface area contributed by atoms with Gasteiger partial charge in [0, 0.05) is 24.7 Å². The first-order chi connectivity index (χ1) is 16.0. The van der Waals surface area contributed by atoms with Crippen LogP contribution in [0.5, 0.6) is 0 Å². The lowest BCUT2D eigenvalue weighted by Crippen LogP contribution is -2.58. The quantitative estimate of drug-likeness (QED) is 0.596. The van der Waals surface area contributed by atoms with Crippen molar-refractivity contribution in [3.63, 3.8) is 0 Å². The van der Waals surface area contributed by atoms with Crippen LogP contribution in [0, 0.1) is 11.8 Å². The van der Waals surface area contributed by atoms with Crippen LogP contribution in [0.25, 0.3) is 0 Å². The van der Waals surface area contributed by atoms with Crippen molar-refractivity contribution in [2.75, 3.05) is 13.2 Å². The highest BCUT2D eigenvalue weighted by molar-refractivity contribution is 6.00. The van der Waals surface area contributed by atoms with Crippen LogP contribution in [0.3, 0.4) is 0 Å². The summed E-state index contributed by atoms with van der Waals surface area (Å²) in [5.74, 6) is -1.94. The minimum atomic E-state index is -1.14. The minimum Gasteiger partial charge on any atom is -0.376 e. The highest BCUT2D eigenvalue weighted by Gasteiger charge is 2.76. The average Bonchev–Trinajstić information content (AvgIpc) is 3.48. The molecule has 4 fully saturated rings. The van der Waals surface area contributed by atoms with Crippen molar-refractivity contribution in [2.24, 2.45) is 11.8 Å². The molecule has 6 atom stereocenters. The van der Waals surface area contributed by atoms with Gasteiger partial charge in [0.1, 0.15) is 11.6 Å². The molecule has 8 nitrogen and oxygen atoms in total. The molecule has 0 aromatic carbocycles. The third kappa shape index (κ3) is 3.87. The van der Waals surface area contributed by atoms with E-state index in [4.69, 9.17) is 9.47 Å². The maximum Gasteiger partial charge on any atom is 0.246 e. The molecule has 34 heavy (non-hydrogen) atoms. The van der Waals surface area contributed by atoms with E-state index >= 15 is 0 Å². The van der Waals surface area contributed by atoms with Crippen LogP contribution in [0.1, 0.15) is 72.6 Å². The highest BCUT2D eigenvalue weighted by Crippen LogP contribution is 2.59. The fourth-order valence-corrected chi connectivity index (χ4v) is 6.81. The maximum atomic E-state index is 14.0. The van der Waals surface area contributed by atoms with Crippen LogP contribution in [-0.2, 0) is 23.9 Å². The Balaban J connectivity index is 1.47. The number of rotatable bonds is 5. The Labute approximate surface area is 202 Å². The number of likely N-dealkylation sites (tertiary alicyclic amines) is 1. The van der Waals surface area contributed by atoms with Gasteiger partial charge in [0.15, 0.2) is 0 Å². The molecule has 8 heteroatoms. The van der Waals surface area contributed by atoms with Gasteiger partial charge in [0.25, 0.3) is 0 Å². The third-order valence-corrected chi connectivity index (χ3v) is 8.20. The lowest BCUT2D eigenvalue weighted by atomic mass is 9.70. The Morgan fingerprint density at radius 3 is 2.47 bits per heavy atom. The van der Waals surface area contributed by atoms with E-state index in [2.05, 4.69) is 10.6 Å². The second-order valence-corrected chi connectivity index (χ2v) is 12.0. The zero-order valence-corrected chi connectivity index (χ0v) is 20.9. The minimum absolute atomic E-state index is 0.101. The van der Waals surface area contributed by atoms with Crippen molar-refractivity contribution in [1.29, 1.82) is 0 Å². The van der Waals surface area contributed by atoms with E-state index < -0.39 is 34.6 Å². The molecule has 3 saturated heterocycles. The topological polar surface area (TPSA) is 97.0 Å². The molecule has 4 aliphatic heterocycles. The summed E-state index contributed by atoms with van der Waals surface area (Å²) in [6, 6.07) is -0.692. The van der Waals surface area contributed by atoms with Crippen LogP contribution in [0.4, 0.5) is 0 Å². The maximum absolute atomic E-state index is 14.0. The molecule has 0 unspecified atom stereocenters. The summed E-state index contributed by atoms with van der Waals surface area (Å²) < 4.78 is 12.4. The number of carbonyl (C=O) groups excluding carboxylic acids is 3. The summed E-state index contributed by atoms with van der Waals surface area (Å²) >= 11 is 0. The lowest BCUT2D eigenvalue weighted by molar-refractivity contribution is -0.147. The predicted octanol–water partition coefficient (Wildman–Crippen LogP) is 2.07. The Morgan fingerprint density at radius 1 is 1.09 bits per heavy atom. The molecule has 5 aliphatic rings. The van der Waals surface area contributed by atoms with Crippen molar-refractivity contribution >= 4 is 17.7 Å². The normalized spacial score (nSPS) is 39.5. The van der Waals surface area contributed by atoms with E-state index in [0.717, 1.165) is 38.5 Å². The van der Waals surface area contributed by atoms with E-state index in [1.165, 1.54) is 6.42 Å². The van der Waals surface area contributed by atoms with Gasteiger partial charge in [-0.1, -0.05) is 31.4 Å². The van der Waals surface area contributed by atoms with Gasteiger partial charge < -0.3 is 25.0 Å². The van der Waals surface area contributed by atoms with Gasteiger partial charge in [-0.2, -0.15) is 0 Å². The van der Waals surface area contributed by atoms with E-state index in [1.54, 1.807) is 4.90 Å². The largest absolute Gasteiger partial charge is 0.376 e. The van der Waals surface area contributed by atoms with Crippen molar-refractivity contribution in [3.8, 4) is 0 Å². The second-order valence-electron chi connectivity index (χ2n) is 12.0. The van der Waals surface area contributed by atoms with Gasteiger partial charge in [-0.25, -0.2) is 0 Å². The van der Waals surface area contributed by atoms with Gasteiger partial charge in [0.05, 0.1) is 23.5 Å². The lowest BCUT2D eigenvalue weighted by Gasteiger charge is -2.35. The van der Waals surface area contributed by atoms with Gasteiger partial charge >= 0.3 is 0 Å². The molecule has 3 amide bonds. The van der Waals surface area contributed by atoms with Gasteiger partial charge in [-0.15, -0.1) is 0 Å². The monoisotopic (exact) mass is 473 g/mol. The molecule has 0 aromatic rings. The van der Waals surface area contributed by atoms with E-state index in [1.807, 2.05) is 39.8 Å². The van der Waals surface area contributed by atoms with Crippen molar-refractivity contribution in [1.82, 2.24) is 15.5 Å².